The summed E-state index contributed by atoms with van der Waals surface area (Å²) in [5, 5.41) is 4.03. The third kappa shape index (κ3) is 8.04. The third-order valence-electron chi connectivity index (χ3n) is 10.8. The molecule has 1 N–H and O–H groups in total. The molecular weight excluding hydrogens is 680 g/mol. The fraction of sp³-hybridized carbons (Fsp3) is 0.333. The average Bonchev–Trinajstić information content (AvgIpc) is 3.83. The molecule has 2 fully saturated rings. The van der Waals surface area contributed by atoms with Gasteiger partial charge in [0.15, 0.2) is 0 Å². The lowest BCUT2D eigenvalue weighted by Gasteiger charge is -2.39. The molecule has 1 unspecified atom stereocenters. The van der Waals surface area contributed by atoms with Gasteiger partial charge in [-0.2, -0.15) is 10.0 Å². The van der Waals surface area contributed by atoms with Gasteiger partial charge in [0, 0.05) is 18.3 Å². The smallest absolute Gasteiger partial charge is 0.259 e. The van der Waals surface area contributed by atoms with E-state index >= 15 is 0 Å². The molecule has 0 bridgehead atoms. The fourth-order valence-electron chi connectivity index (χ4n) is 7.97. The Morgan fingerprint density at radius 1 is 0.712 bits per heavy atom. The van der Waals surface area contributed by atoms with E-state index in [2.05, 4.69) is 162 Å². The Morgan fingerprint density at radius 3 is 1.83 bits per heavy atom. The van der Waals surface area contributed by atoms with Crippen molar-refractivity contribution in [2.75, 3.05) is 38.8 Å². The molecule has 0 aliphatic carbocycles. The second-order valence-corrected chi connectivity index (χ2v) is 18.9. The van der Waals surface area contributed by atoms with E-state index in [0.717, 1.165) is 56.9 Å². The van der Waals surface area contributed by atoms with Crippen LogP contribution in [0.1, 0.15) is 55.2 Å². The molecule has 0 saturated carbocycles. The summed E-state index contributed by atoms with van der Waals surface area (Å²) in [5.41, 5.74) is 3.19. The lowest BCUT2D eigenvalue weighted by atomic mass is 9.77. The van der Waals surface area contributed by atoms with Crippen molar-refractivity contribution in [3.05, 3.63) is 162 Å². The highest BCUT2D eigenvalue weighted by Gasteiger charge is 2.48. The molecule has 3 atom stereocenters. The minimum atomic E-state index is -1.26. The molecule has 0 radical (unpaired) electrons. The normalized spacial score (nSPS) is 19.4. The summed E-state index contributed by atoms with van der Waals surface area (Å²) >= 11 is 0. The van der Waals surface area contributed by atoms with Gasteiger partial charge in [0.2, 0.25) is 0 Å². The lowest BCUT2D eigenvalue weighted by molar-refractivity contribution is 0.207. The summed E-state index contributed by atoms with van der Waals surface area (Å²) < 4.78 is 21.5. The van der Waals surface area contributed by atoms with Crippen molar-refractivity contribution < 1.29 is 13.8 Å². The number of benzene rings is 5. The first kappa shape index (κ1) is 36.9. The predicted octanol–water partition coefficient (Wildman–Crippen LogP) is 10.8. The molecule has 2 aliphatic rings. The minimum Gasteiger partial charge on any atom is -0.497 e. The first-order chi connectivity index (χ1) is 25.6. The SMILES string of the molecule is COc1ccc(C(NCCCCCCOP2O[C@H](CS(C)(c3ccccc3)c3ccccc3)[C@@H]3CCCN32)(c2ccccc2)c2ccccc2)cc1. The molecule has 52 heavy (non-hydrogen) atoms. The molecule has 0 aromatic heterocycles. The van der Waals surface area contributed by atoms with Crippen LogP contribution in [-0.4, -0.2) is 55.6 Å². The minimum absolute atomic E-state index is 0.195. The van der Waals surface area contributed by atoms with E-state index in [1.807, 2.05) is 0 Å². The highest BCUT2D eigenvalue weighted by molar-refractivity contribution is 8.33. The van der Waals surface area contributed by atoms with E-state index < -0.39 is 24.1 Å². The number of methoxy groups -OCH3 is 1. The Labute approximate surface area is 314 Å². The summed E-state index contributed by atoms with van der Waals surface area (Å²) in [6.45, 7) is 2.73. The van der Waals surface area contributed by atoms with Crippen molar-refractivity contribution in [1.29, 1.82) is 0 Å². The summed E-state index contributed by atoms with van der Waals surface area (Å²) in [6.07, 6.45) is 9.49. The molecule has 5 nitrogen and oxygen atoms in total. The summed E-state index contributed by atoms with van der Waals surface area (Å²) in [6, 6.07) is 52.8. The van der Waals surface area contributed by atoms with Gasteiger partial charge >= 0.3 is 0 Å². The Hall–Kier alpha value is -3.48. The first-order valence-corrected chi connectivity index (χ1v) is 22.2. The zero-order chi connectivity index (χ0) is 35.6. The highest BCUT2D eigenvalue weighted by atomic mass is 32.3. The van der Waals surface area contributed by atoms with Crippen LogP contribution >= 0.6 is 18.6 Å². The van der Waals surface area contributed by atoms with Crippen molar-refractivity contribution in [1.82, 2.24) is 9.99 Å². The molecule has 2 aliphatic heterocycles. The molecule has 2 heterocycles. The van der Waals surface area contributed by atoms with Gasteiger partial charge in [-0.05, 0) is 101 Å². The van der Waals surface area contributed by atoms with Crippen LogP contribution in [0, 0.1) is 0 Å². The molecule has 7 rings (SSSR count). The monoisotopic (exact) mass is 732 g/mol. The van der Waals surface area contributed by atoms with E-state index in [-0.39, 0.29) is 6.10 Å². The topological polar surface area (TPSA) is 43.0 Å². The molecule has 5 aromatic rings. The van der Waals surface area contributed by atoms with E-state index in [1.54, 1.807) is 7.11 Å². The van der Waals surface area contributed by atoms with Crippen molar-refractivity contribution in [3.63, 3.8) is 0 Å². The lowest BCUT2D eigenvalue weighted by Crippen LogP contribution is -2.45. The van der Waals surface area contributed by atoms with Gasteiger partial charge in [0.05, 0.1) is 25.4 Å². The number of nitrogens with zero attached hydrogens (tertiary/aromatic N) is 1. The fourth-order valence-corrected chi connectivity index (χ4v) is 13.1. The van der Waals surface area contributed by atoms with E-state index in [1.165, 1.54) is 39.3 Å². The van der Waals surface area contributed by atoms with Crippen LogP contribution in [-0.2, 0) is 14.6 Å². The maximum Gasteiger partial charge on any atom is 0.259 e. The summed E-state index contributed by atoms with van der Waals surface area (Å²) in [4.78, 5) is 2.85. The van der Waals surface area contributed by atoms with Gasteiger partial charge < -0.3 is 13.8 Å². The van der Waals surface area contributed by atoms with E-state index in [0.29, 0.717) is 6.04 Å². The molecule has 0 spiro atoms. The third-order valence-corrected chi connectivity index (χ3v) is 16.1. The van der Waals surface area contributed by atoms with Gasteiger partial charge in [-0.1, -0.05) is 122 Å². The van der Waals surface area contributed by atoms with Crippen LogP contribution in [0.5, 0.6) is 5.75 Å². The molecular formula is C45H53N2O3PS. The number of fused-ring (bicyclic) bond motifs is 1. The van der Waals surface area contributed by atoms with Crippen LogP contribution in [0.2, 0.25) is 0 Å². The summed E-state index contributed by atoms with van der Waals surface area (Å²) in [5.74, 6) is 1.89. The number of unbranched alkanes of at least 4 members (excludes halogenated alkanes) is 3. The zero-order valence-corrected chi connectivity index (χ0v) is 32.3. The maximum absolute atomic E-state index is 6.86. The first-order valence-electron chi connectivity index (χ1n) is 18.8. The number of hydrogen-bond donors (Lipinski definition) is 1. The quantitative estimate of drug-likeness (QED) is 0.0586. The standard InChI is InChI=1S/C45H53N2O3PS/c1-48-40-31-29-39(30-32-40)45(37-20-9-5-10-21-37,38-22-11-6-12-23-38)46-33-17-3-4-18-35-49-51-47-34-19-28-43(47)44(50-51)36-52(2,41-24-13-7-14-25-41)42-26-15-8-16-27-42/h5-16,20-27,29-32,43-44,46H,3-4,17-19,28,33-36H2,1-2H3/t43-,44+,51?/m0/s1. The van der Waals surface area contributed by atoms with Crippen molar-refractivity contribution in [2.45, 2.75) is 66.0 Å². The van der Waals surface area contributed by atoms with Gasteiger partial charge in [0.1, 0.15) is 5.75 Å². The molecule has 272 valence electrons. The Morgan fingerprint density at radius 2 is 1.25 bits per heavy atom. The van der Waals surface area contributed by atoms with Crippen LogP contribution in [0.25, 0.3) is 0 Å². The van der Waals surface area contributed by atoms with E-state index in [9.17, 15) is 0 Å². The Balaban J connectivity index is 0.944. The number of ether oxygens (including phenoxy) is 1. The van der Waals surface area contributed by atoms with Gasteiger partial charge in [-0.3, -0.25) is 5.32 Å². The van der Waals surface area contributed by atoms with Crippen molar-refractivity contribution in [2.24, 2.45) is 0 Å². The maximum atomic E-state index is 6.86. The van der Waals surface area contributed by atoms with Crippen LogP contribution in [0.4, 0.5) is 0 Å². The Kier molecular flexibility index (Phi) is 12.4. The van der Waals surface area contributed by atoms with E-state index in [4.69, 9.17) is 13.8 Å². The summed E-state index contributed by atoms with van der Waals surface area (Å²) in [7, 11) is -0.551. The molecule has 2 saturated heterocycles. The second kappa shape index (κ2) is 17.6. The van der Waals surface area contributed by atoms with Gasteiger partial charge in [-0.15, -0.1) is 0 Å². The largest absolute Gasteiger partial charge is 0.497 e. The van der Waals surface area contributed by atoms with Crippen LogP contribution < -0.4 is 10.1 Å². The van der Waals surface area contributed by atoms with Gasteiger partial charge in [0.25, 0.3) is 8.53 Å². The number of nitrogens with one attached hydrogen (secondary N) is 1. The second-order valence-electron chi connectivity index (χ2n) is 14.0. The molecule has 0 amide bonds. The number of hydrogen-bond acceptors (Lipinski definition) is 5. The predicted molar refractivity (Wildman–Crippen MR) is 218 cm³/mol. The van der Waals surface area contributed by atoms with Crippen molar-refractivity contribution >= 4 is 18.6 Å². The van der Waals surface area contributed by atoms with Crippen molar-refractivity contribution in [3.8, 4) is 5.75 Å². The number of rotatable bonds is 17. The zero-order valence-electron chi connectivity index (χ0n) is 30.6. The molecule has 7 heteroatoms. The van der Waals surface area contributed by atoms with Crippen LogP contribution in [0.15, 0.2) is 155 Å². The molecule has 5 aromatic carbocycles. The highest BCUT2D eigenvalue weighted by Crippen LogP contribution is 2.64. The van der Waals surface area contributed by atoms with Gasteiger partial charge in [-0.25, -0.2) is 4.67 Å². The van der Waals surface area contributed by atoms with Crippen LogP contribution in [0.3, 0.4) is 0 Å². The Bertz CT molecular complexity index is 1720. The average molecular weight is 733 g/mol.